The zero-order chi connectivity index (χ0) is 33.2. The fraction of sp³-hybridized carbons (Fsp3) is 0.419. The summed E-state index contributed by atoms with van der Waals surface area (Å²) in [5.41, 5.74) is 9.39. The molecule has 0 unspecified atom stereocenters. The number of rotatable bonds is 12. The van der Waals surface area contributed by atoms with Gasteiger partial charge in [-0.25, -0.2) is 9.80 Å². The number of primary amides is 1. The maximum absolute atomic E-state index is 13.5. The molecule has 4 atom stereocenters. The van der Waals surface area contributed by atoms with Gasteiger partial charge in [-0.3, -0.25) is 29.4 Å². The van der Waals surface area contributed by atoms with Crippen molar-refractivity contribution in [3.8, 4) is 0 Å². The lowest BCUT2D eigenvalue weighted by molar-refractivity contribution is -0.145. The number of hydrazine groups is 1. The van der Waals surface area contributed by atoms with Gasteiger partial charge in [0.2, 0.25) is 11.8 Å². The molecule has 2 fully saturated rings. The molecule has 0 bridgehead atoms. The van der Waals surface area contributed by atoms with Crippen LogP contribution in [-0.2, 0) is 41.8 Å². The van der Waals surface area contributed by atoms with Crippen molar-refractivity contribution in [2.75, 3.05) is 32.7 Å². The highest BCUT2D eigenvalue weighted by Gasteiger charge is 2.53. The average molecular weight is 637 g/mol. The minimum absolute atomic E-state index is 0.266. The largest absolute Gasteiger partial charge is 0.368 e. The third kappa shape index (κ3) is 9.49. The zero-order valence-electron chi connectivity index (χ0n) is 25.8. The lowest BCUT2D eigenvalue weighted by Crippen LogP contribution is -2.58. The normalized spacial score (nSPS) is 18.3. The summed E-state index contributed by atoms with van der Waals surface area (Å²) in [4.78, 5) is 79.8. The average Bonchev–Trinajstić information content (AvgIpc) is 3.85. The topological polar surface area (TPSA) is 199 Å². The van der Waals surface area contributed by atoms with E-state index in [1.165, 1.54) is 13.8 Å². The number of carbonyl (C=O) groups is 6. The lowest BCUT2D eigenvalue weighted by atomic mass is 10.1. The van der Waals surface area contributed by atoms with E-state index in [2.05, 4.69) is 21.4 Å². The summed E-state index contributed by atoms with van der Waals surface area (Å²) in [6.07, 6.45) is -2.39. The smallest absolute Gasteiger partial charge is 0.318 e. The minimum atomic E-state index is -1.26. The van der Waals surface area contributed by atoms with Crippen molar-refractivity contribution in [2.45, 2.75) is 51.2 Å². The molecular weight excluding hydrogens is 596 g/mol. The first kappa shape index (κ1) is 33.9. The molecule has 2 aliphatic heterocycles. The number of hydrogen-bond donors (Lipinski definition) is 5. The van der Waals surface area contributed by atoms with Crippen LogP contribution in [0.25, 0.3) is 0 Å². The molecule has 2 aliphatic rings. The molecule has 0 aromatic heterocycles. The Morgan fingerprint density at radius 3 is 1.89 bits per heavy atom. The Morgan fingerprint density at radius 1 is 0.826 bits per heavy atom. The van der Waals surface area contributed by atoms with Crippen LogP contribution in [0.2, 0.25) is 0 Å². The van der Waals surface area contributed by atoms with Gasteiger partial charge in [-0.1, -0.05) is 60.7 Å². The zero-order valence-corrected chi connectivity index (χ0v) is 25.8. The van der Waals surface area contributed by atoms with E-state index in [0.29, 0.717) is 31.2 Å². The number of ether oxygens (including phenoxy) is 1. The second-order valence-electron chi connectivity index (χ2n) is 11.1. The van der Waals surface area contributed by atoms with Crippen molar-refractivity contribution in [3.63, 3.8) is 0 Å². The number of nitrogens with one attached hydrogen (secondary N) is 4. The van der Waals surface area contributed by atoms with E-state index in [9.17, 15) is 28.8 Å². The fourth-order valence-corrected chi connectivity index (χ4v) is 4.81. The Hall–Kier alpha value is -5.02. The molecule has 0 aliphatic carbocycles. The van der Waals surface area contributed by atoms with Gasteiger partial charge in [0.1, 0.15) is 18.6 Å². The molecule has 246 valence electrons. The Labute approximate surface area is 266 Å². The van der Waals surface area contributed by atoms with Crippen LogP contribution >= 0.6 is 0 Å². The summed E-state index contributed by atoms with van der Waals surface area (Å²) in [5.74, 6) is -3.67. The Kier molecular flexibility index (Phi) is 11.6. The first-order chi connectivity index (χ1) is 22.0. The quantitative estimate of drug-likeness (QED) is 0.142. The summed E-state index contributed by atoms with van der Waals surface area (Å²) in [6.45, 7) is 4.97. The highest BCUT2D eigenvalue weighted by molar-refractivity contribution is 5.98. The number of urea groups is 1. The number of benzene rings is 2. The van der Waals surface area contributed by atoms with Crippen molar-refractivity contribution in [2.24, 2.45) is 5.73 Å². The van der Waals surface area contributed by atoms with Crippen LogP contribution in [-0.4, -0.2) is 107 Å². The molecule has 2 heterocycles. The molecule has 7 amide bonds. The van der Waals surface area contributed by atoms with Gasteiger partial charge in [-0.05, 0) is 25.0 Å². The summed E-state index contributed by atoms with van der Waals surface area (Å²) >= 11 is 0. The maximum atomic E-state index is 13.5. The van der Waals surface area contributed by atoms with E-state index < -0.39 is 66.4 Å². The van der Waals surface area contributed by atoms with Crippen molar-refractivity contribution < 1.29 is 33.5 Å². The van der Waals surface area contributed by atoms with Gasteiger partial charge >= 0.3 is 6.03 Å². The van der Waals surface area contributed by atoms with Crippen LogP contribution < -0.4 is 27.1 Å². The molecule has 2 aromatic carbocycles. The highest BCUT2D eigenvalue weighted by Crippen LogP contribution is 2.27. The van der Waals surface area contributed by atoms with Crippen LogP contribution in [0.1, 0.15) is 25.0 Å². The Bertz CT molecular complexity index is 1360. The molecule has 0 radical (unpaired) electrons. The monoisotopic (exact) mass is 636 g/mol. The molecule has 2 saturated heterocycles. The third-order valence-corrected chi connectivity index (χ3v) is 7.44. The molecule has 0 spiro atoms. The molecule has 15 nitrogen and oxygen atoms in total. The molecule has 2 aromatic rings. The van der Waals surface area contributed by atoms with Gasteiger partial charge in [0.25, 0.3) is 17.7 Å². The number of nitrogens with two attached hydrogens (primary N) is 1. The van der Waals surface area contributed by atoms with Gasteiger partial charge < -0.3 is 36.2 Å². The van der Waals surface area contributed by atoms with Crippen molar-refractivity contribution >= 4 is 35.6 Å². The summed E-state index contributed by atoms with van der Waals surface area (Å²) in [6, 6.07) is 16.2. The van der Waals surface area contributed by atoms with E-state index in [4.69, 9.17) is 10.5 Å². The lowest BCUT2D eigenvalue weighted by Gasteiger charge is -2.29. The molecular formula is C31H40N8O7. The second kappa shape index (κ2) is 15.8. The number of piperazine rings is 1. The van der Waals surface area contributed by atoms with Gasteiger partial charge in [0.05, 0.1) is 0 Å². The first-order valence-electron chi connectivity index (χ1n) is 15.0. The van der Waals surface area contributed by atoms with Crippen LogP contribution in [0.4, 0.5) is 4.79 Å². The number of amides is 7. The predicted octanol–water partition coefficient (Wildman–Crippen LogP) is -1.16. The fourth-order valence-electron chi connectivity index (χ4n) is 4.81. The van der Waals surface area contributed by atoms with Crippen LogP contribution in [0.3, 0.4) is 0 Å². The summed E-state index contributed by atoms with van der Waals surface area (Å²) in [5, 5.41) is 8.88. The number of hydrogen-bond acceptors (Lipinski definition) is 8. The number of epoxide rings is 1. The SMILES string of the molecule is C[C@H](NC(=O)[C@@H](C)NC(=O)N1CCNCC1)C(=O)NN(CC(N)=O)C(=O)[C@H]1O[C@@H]1C(=O)N(Cc1ccccc1)Cc1ccccc1. The standard InChI is InChI=1S/C31H40N8O7/c1-20(35-31(45)37-15-13-33-14-16-37)27(41)34-21(2)28(42)36-39(19-24(32)40)30(44)26-25(46-26)29(43)38(17-22-9-5-3-6-10-22)18-23-11-7-4-8-12-23/h3-12,20-21,25-26,33H,13-19H2,1-2H3,(H2,32,40)(H,34,41)(H,35,45)(H,36,42)/t20-,21+,25+,26+/m1/s1. The Morgan fingerprint density at radius 2 is 1.35 bits per heavy atom. The third-order valence-electron chi connectivity index (χ3n) is 7.44. The van der Waals surface area contributed by atoms with Crippen LogP contribution in [0.5, 0.6) is 0 Å². The number of carbonyl (C=O) groups excluding carboxylic acids is 6. The molecule has 6 N–H and O–H groups in total. The van der Waals surface area contributed by atoms with Crippen molar-refractivity contribution in [3.05, 3.63) is 71.8 Å². The van der Waals surface area contributed by atoms with Gasteiger partial charge in [0.15, 0.2) is 12.2 Å². The summed E-state index contributed by atoms with van der Waals surface area (Å²) in [7, 11) is 0. The molecule has 46 heavy (non-hydrogen) atoms. The van der Waals surface area contributed by atoms with Crippen molar-refractivity contribution in [1.29, 1.82) is 0 Å². The van der Waals surface area contributed by atoms with E-state index in [0.717, 1.165) is 11.1 Å². The van der Waals surface area contributed by atoms with Crippen LogP contribution in [0, 0.1) is 0 Å². The second-order valence-corrected chi connectivity index (χ2v) is 11.1. The minimum Gasteiger partial charge on any atom is -0.368 e. The molecule has 4 rings (SSSR count). The Balaban J connectivity index is 1.35. The van der Waals surface area contributed by atoms with Crippen molar-refractivity contribution in [1.82, 2.24) is 36.2 Å². The maximum Gasteiger partial charge on any atom is 0.318 e. The van der Waals surface area contributed by atoms with E-state index in [1.54, 1.807) is 9.80 Å². The predicted molar refractivity (Wildman–Crippen MR) is 165 cm³/mol. The van der Waals surface area contributed by atoms with E-state index in [1.807, 2.05) is 60.7 Å². The first-order valence-corrected chi connectivity index (χ1v) is 15.0. The van der Waals surface area contributed by atoms with E-state index in [-0.39, 0.29) is 13.1 Å². The van der Waals surface area contributed by atoms with Gasteiger partial charge in [-0.2, -0.15) is 0 Å². The van der Waals surface area contributed by atoms with Crippen LogP contribution in [0.15, 0.2) is 60.7 Å². The molecule has 15 heteroatoms. The summed E-state index contributed by atoms with van der Waals surface area (Å²) < 4.78 is 5.48. The highest BCUT2D eigenvalue weighted by atomic mass is 16.6. The van der Waals surface area contributed by atoms with Gasteiger partial charge in [0, 0.05) is 39.3 Å². The number of nitrogens with zero attached hydrogens (tertiary/aromatic N) is 3. The van der Waals surface area contributed by atoms with Gasteiger partial charge in [-0.15, -0.1) is 0 Å². The molecule has 0 saturated carbocycles. The van der Waals surface area contributed by atoms with E-state index >= 15 is 0 Å².